The lowest BCUT2D eigenvalue weighted by atomic mass is 10.1. The van der Waals surface area contributed by atoms with E-state index in [2.05, 4.69) is 5.43 Å². The minimum Gasteiger partial charge on any atom is -0.389 e. The van der Waals surface area contributed by atoms with Crippen LogP contribution in [0, 0.1) is 11.6 Å². The van der Waals surface area contributed by atoms with E-state index in [0.29, 0.717) is 11.6 Å². The fraction of sp³-hybridized carbons (Fsp3) is 0.300. The van der Waals surface area contributed by atoms with Gasteiger partial charge < -0.3 is 5.11 Å². The number of rotatable bonds is 3. The molecule has 0 saturated heterocycles. The molecule has 2 aromatic carbocycles. The van der Waals surface area contributed by atoms with Gasteiger partial charge in [0.1, 0.15) is 11.6 Å². The average Bonchev–Trinajstić information content (AvgIpc) is 2.57. The number of aliphatic hydroxyl groups is 1. The predicted molar refractivity (Wildman–Crippen MR) is 96.8 cm³/mol. The minimum absolute atomic E-state index is 0.216. The lowest BCUT2D eigenvalue weighted by Gasteiger charge is -2.35. The maximum absolute atomic E-state index is 13.5. The van der Waals surface area contributed by atoms with Crippen LogP contribution in [-0.2, 0) is 0 Å². The molecule has 2 N–H and O–H groups in total. The monoisotopic (exact) mass is 376 g/mol. The normalized spacial score (nSPS) is 12.4. The summed E-state index contributed by atoms with van der Waals surface area (Å²) in [6.45, 7) is 6.64. The Morgan fingerprint density at radius 3 is 1.96 bits per heavy atom. The molecule has 0 aromatic heterocycles. The van der Waals surface area contributed by atoms with Gasteiger partial charge in [-0.2, -0.15) is 0 Å². The van der Waals surface area contributed by atoms with Gasteiger partial charge in [0, 0.05) is 17.2 Å². The Morgan fingerprint density at radius 2 is 1.52 bits per heavy atom. The summed E-state index contributed by atoms with van der Waals surface area (Å²) in [4.78, 5) is 25.3. The highest BCUT2D eigenvalue weighted by Gasteiger charge is 2.30. The van der Waals surface area contributed by atoms with Crippen molar-refractivity contribution in [3.63, 3.8) is 0 Å². The first kappa shape index (κ1) is 20.5. The zero-order valence-electron chi connectivity index (χ0n) is 15.6. The van der Waals surface area contributed by atoms with Gasteiger partial charge in [-0.05, 0) is 57.5 Å². The number of nitrogens with zero attached hydrogens (tertiary/aromatic N) is 1. The highest BCUT2D eigenvalue weighted by atomic mass is 19.1. The number of hydrogen-bond acceptors (Lipinski definition) is 3. The van der Waals surface area contributed by atoms with Crippen molar-refractivity contribution >= 4 is 11.8 Å². The maximum atomic E-state index is 13.5. The highest BCUT2D eigenvalue weighted by Crippen LogP contribution is 2.18. The molecule has 0 heterocycles. The lowest BCUT2D eigenvalue weighted by Crippen LogP contribution is -2.55. The molecule has 0 fully saturated rings. The first-order valence-electron chi connectivity index (χ1n) is 8.38. The third-order valence-corrected chi connectivity index (χ3v) is 3.85. The largest absolute Gasteiger partial charge is 0.389 e. The summed E-state index contributed by atoms with van der Waals surface area (Å²) in [5, 5.41) is 10.6. The zero-order valence-corrected chi connectivity index (χ0v) is 15.6. The fourth-order valence-corrected chi connectivity index (χ4v) is 2.41. The summed E-state index contributed by atoms with van der Waals surface area (Å²) in [7, 11) is 0. The van der Waals surface area contributed by atoms with Gasteiger partial charge in [0.2, 0.25) is 0 Å². The van der Waals surface area contributed by atoms with E-state index in [0.717, 1.165) is 17.1 Å². The van der Waals surface area contributed by atoms with Gasteiger partial charge in [0.05, 0.1) is 11.6 Å². The Hall–Kier alpha value is -2.80. The standard InChI is InChI=1S/C20H22F2N2O3/c1-12(25)13-5-7-14(8-6-13)18(26)23-24(20(2,3)4)19(27)15-9-16(21)11-17(22)10-15/h5-12,25H,1-4H3,(H,23,26). The van der Waals surface area contributed by atoms with Crippen molar-refractivity contribution in [1.29, 1.82) is 0 Å². The van der Waals surface area contributed by atoms with Gasteiger partial charge in [-0.3, -0.25) is 15.0 Å². The topological polar surface area (TPSA) is 69.6 Å². The summed E-state index contributed by atoms with van der Waals surface area (Å²) in [6, 6.07) is 8.73. The highest BCUT2D eigenvalue weighted by molar-refractivity contribution is 5.99. The van der Waals surface area contributed by atoms with E-state index in [1.165, 1.54) is 12.1 Å². The van der Waals surface area contributed by atoms with E-state index in [4.69, 9.17) is 0 Å². The van der Waals surface area contributed by atoms with Crippen molar-refractivity contribution in [3.8, 4) is 0 Å². The molecule has 0 aliphatic rings. The zero-order chi connectivity index (χ0) is 20.4. The number of halogens is 2. The van der Waals surface area contributed by atoms with E-state index in [1.807, 2.05) is 0 Å². The van der Waals surface area contributed by atoms with Crippen LogP contribution < -0.4 is 5.43 Å². The molecule has 0 aliphatic carbocycles. The molecule has 2 aromatic rings. The molecular formula is C20H22F2N2O3. The molecule has 0 radical (unpaired) electrons. The van der Waals surface area contributed by atoms with Crippen LogP contribution in [0.2, 0.25) is 0 Å². The molecule has 2 amide bonds. The van der Waals surface area contributed by atoms with Gasteiger partial charge >= 0.3 is 0 Å². The van der Waals surface area contributed by atoms with Crippen LogP contribution >= 0.6 is 0 Å². The molecule has 0 aliphatic heterocycles. The Kier molecular flexibility index (Phi) is 5.95. The van der Waals surface area contributed by atoms with Crippen LogP contribution in [0.1, 0.15) is 60.1 Å². The van der Waals surface area contributed by atoms with Gasteiger partial charge in [-0.1, -0.05) is 12.1 Å². The summed E-state index contributed by atoms with van der Waals surface area (Å²) in [5.74, 6) is -3.07. The first-order valence-corrected chi connectivity index (χ1v) is 8.38. The number of benzene rings is 2. The second kappa shape index (κ2) is 7.84. The number of nitrogens with one attached hydrogen (secondary N) is 1. The maximum Gasteiger partial charge on any atom is 0.272 e. The van der Waals surface area contributed by atoms with Crippen molar-refractivity contribution in [2.24, 2.45) is 0 Å². The molecular weight excluding hydrogens is 354 g/mol. The number of hydrogen-bond donors (Lipinski definition) is 2. The van der Waals surface area contributed by atoms with Crippen molar-refractivity contribution in [2.75, 3.05) is 0 Å². The van der Waals surface area contributed by atoms with Crippen LogP contribution in [0.15, 0.2) is 42.5 Å². The van der Waals surface area contributed by atoms with E-state index in [-0.39, 0.29) is 11.1 Å². The second-order valence-electron chi connectivity index (χ2n) is 7.21. The Balaban J connectivity index is 2.28. The van der Waals surface area contributed by atoms with Gasteiger partial charge in [-0.25, -0.2) is 13.8 Å². The number of aliphatic hydroxyl groups excluding tert-OH is 1. The Morgan fingerprint density at radius 1 is 1.00 bits per heavy atom. The van der Waals surface area contributed by atoms with Gasteiger partial charge in [0.15, 0.2) is 0 Å². The molecule has 144 valence electrons. The summed E-state index contributed by atoms with van der Waals surface area (Å²) in [6.07, 6.45) is -0.669. The van der Waals surface area contributed by atoms with Gasteiger partial charge in [-0.15, -0.1) is 0 Å². The van der Waals surface area contributed by atoms with Crippen molar-refractivity contribution in [1.82, 2.24) is 10.4 Å². The molecule has 1 atom stereocenters. The molecule has 0 saturated carbocycles. The fourth-order valence-electron chi connectivity index (χ4n) is 2.41. The summed E-state index contributed by atoms with van der Waals surface area (Å²) < 4.78 is 26.9. The SMILES string of the molecule is CC(O)c1ccc(C(=O)NN(C(=O)c2cc(F)cc(F)c2)C(C)(C)C)cc1. The molecule has 2 rings (SSSR count). The molecule has 0 bridgehead atoms. The molecule has 0 spiro atoms. The summed E-state index contributed by atoms with van der Waals surface area (Å²) >= 11 is 0. The third kappa shape index (κ3) is 5.10. The van der Waals surface area contributed by atoms with E-state index in [1.54, 1.807) is 39.8 Å². The number of carbonyl (C=O) groups is 2. The van der Waals surface area contributed by atoms with E-state index < -0.39 is 35.1 Å². The lowest BCUT2D eigenvalue weighted by molar-refractivity contribution is 0.0358. The van der Waals surface area contributed by atoms with E-state index in [9.17, 15) is 23.5 Å². The minimum atomic E-state index is -0.882. The van der Waals surface area contributed by atoms with Gasteiger partial charge in [0.25, 0.3) is 11.8 Å². The smallest absolute Gasteiger partial charge is 0.272 e. The van der Waals surface area contributed by atoms with Crippen LogP contribution in [0.4, 0.5) is 8.78 Å². The average molecular weight is 376 g/mol. The van der Waals surface area contributed by atoms with Crippen molar-refractivity contribution in [3.05, 3.63) is 70.8 Å². The first-order chi connectivity index (χ1) is 12.5. The number of carbonyl (C=O) groups excluding carboxylic acids is 2. The van der Waals surface area contributed by atoms with E-state index >= 15 is 0 Å². The predicted octanol–water partition coefficient (Wildman–Crippen LogP) is 3.60. The van der Waals surface area contributed by atoms with Crippen molar-refractivity contribution < 1.29 is 23.5 Å². The Labute approximate surface area is 156 Å². The molecule has 1 unspecified atom stereocenters. The molecule has 5 nitrogen and oxygen atoms in total. The number of amides is 2. The summed E-state index contributed by atoms with van der Waals surface area (Å²) in [5.41, 5.74) is 2.34. The third-order valence-electron chi connectivity index (χ3n) is 3.85. The van der Waals surface area contributed by atoms with Crippen LogP contribution in [0.3, 0.4) is 0 Å². The number of hydrazine groups is 1. The van der Waals surface area contributed by atoms with Crippen LogP contribution in [-0.4, -0.2) is 27.5 Å². The van der Waals surface area contributed by atoms with Crippen LogP contribution in [0.25, 0.3) is 0 Å². The van der Waals surface area contributed by atoms with Crippen molar-refractivity contribution in [2.45, 2.75) is 39.3 Å². The Bertz CT molecular complexity index is 823. The molecule has 27 heavy (non-hydrogen) atoms. The quantitative estimate of drug-likeness (QED) is 0.804. The molecule has 7 heteroatoms. The second-order valence-corrected chi connectivity index (χ2v) is 7.21. The van der Waals surface area contributed by atoms with Crippen LogP contribution in [0.5, 0.6) is 0 Å².